The van der Waals surface area contributed by atoms with Gasteiger partial charge in [0.25, 0.3) is 0 Å². The van der Waals surface area contributed by atoms with Crippen LogP contribution < -0.4 is 0 Å². The first-order valence-corrected chi connectivity index (χ1v) is 7.21. The van der Waals surface area contributed by atoms with Crippen molar-refractivity contribution in [3.05, 3.63) is 22.5 Å². The van der Waals surface area contributed by atoms with Gasteiger partial charge in [-0.05, 0) is 55.8 Å². The first-order valence-electron chi connectivity index (χ1n) is 6.44. The Hall–Kier alpha value is -1.49. The minimum Gasteiger partial charge on any atom is -0.469 e. The van der Waals surface area contributed by atoms with Gasteiger partial charge in [0.05, 0.1) is 18.7 Å². The number of fused-ring (bicyclic) bond motifs is 2. The fraction of sp³-hybridized carbons (Fsp3) is 0.500. The third kappa shape index (κ3) is 1.92. The average Bonchev–Trinajstić information content (AvgIpc) is 2.79. The second-order valence-electron chi connectivity index (χ2n) is 5.07. The summed E-state index contributed by atoms with van der Waals surface area (Å²) in [6, 6.07) is 0. The number of pyridine rings is 1. The summed E-state index contributed by atoms with van der Waals surface area (Å²) >= 11 is 1.46. The van der Waals surface area contributed by atoms with Crippen molar-refractivity contribution in [3.63, 3.8) is 0 Å². The van der Waals surface area contributed by atoms with Crippen molar-refractivity contribution in [1.82, 2.24) is 9.36 Å². The summed E-state index contributed by atoms with van der Waals surface area (Å²) in [4.78, 5) is 17.5. The molecule has 0 saturated carbocycles. The van der Waals surface area contributed by atoms with E-state index in [-0.39, 0.29) is 11.9 Å². The maximum atomic E-state index is 11.7. The molecule has 0 fully saturated rings. The summed E-state index contributed by atoms with van der Waals surface area (Å²) in [6.45, 7) is 4.13. The molecular weight excluding hydrogens is 260 g/mol. The van der Waals surface area contributed by atoms with Crippen LogP contribution >= 0.6 is 11.5 Å². The van der Waals surface area contributed by atoms with Crippen LogP contribution in [0.15, 0.2) is 0 Å². The van der Waals surface area contributed by atoms with E-state index in [4.69, 9.17) is 9.72 Å². The molecule has 2 heterocycles. The lowest BCUT2D eigenvalue weighted by molar-refractivity contribution is -0.145. The molecule has 1 aliphatic rings. The quantitative estimate of drug-likeness (QED) is 0.751. The number of rotatable bonds is 1. The minimum absolute atomic E-state index is 0.0256. The highest BCUT2D eigenvalue weighted by atomic mass is 32.1. The number of hydrogen-bond acceptors (Lipinski definition) is 5. The molecule has 0 saturated heterocycles. The van der Waals surface area contributed by atoms with Gasteiger partial charge in [-0.15, -0.1) is 0 Å². The van der Waals surface area contributed by atoms with Crippen molar-refractivity contribution < 1.29 is 9.53 Å². The zero-order valence-electron chi connectivity index (χ0n) is 11.3. The van der Waals surface area contributed by atoms with E-state index in [1.165, 1.54) is 29.8 Å². The van der Waals surface area contributed by atoms with Gasteiger partial charge in [0.15, 0.2) is 0 Å². The number of aromatic nitrogens is 2. The molecule has 2 aromatic heterocycles. The van der Waals surface area contributed by atoms with Crippen LogP contribution in [0.5, 0.6) is 0 Å². The molecule has 3 rings (SSSR count). The summed E-state index contributed by atoms with van der Waals surface area (Å²) in [5, 5.41) is 1.16. The Labute approximate surface area is 116 Å². The normalized spacial score (nSPS) is 18.4. The predicted molar refractivity (Wildman–Crippen MR) is 74.4 cm³/mol. The summed E-state index contributed by atoms with van der Waals surface area (Å²) < 4.78 is 9.26. The number of carbonyl (C=O) groups excluding carboxylic acids is 1. The summed E-state index contributed by atoms with van der Waals surface area (Å²) in [6.07, 6.45) is 2.42. The first kappa shape index (κ1) is 12.5. The number of ether oxygens (including phenoxy) is 1. The maximum Gasteiger partial charge on any atom is 0.309 e. The molecule has 5 heteroatoms. The predicted octanol–water partition coefficient (Wildman–Crippen LogP) is 2.59. The van der Waals surface area contributed by atoms with Crippen molar-refractivity contribution in [2.75, 3.05) is 7.11 Å². The molecule has 0 spiro atoms. The van der Waals surface area contributed by atoms with Crippen LogP contribution in [0, 0.1) is 19.8 Å². The molecule has 4 nitrogen and oxygen atoms in total. The van der Waals surface area contributed by atoms with Crippen molar-refractivity contribution >= 4 is 27.7 Å². The molecule has 2 aromatic rings. The van der Waals surface area contributed by atoms with Crippen LogP contribution in [0.1, 0.15) is 28.9 Å². The fourth-order valence-corrected chi connectivity index (χ4v) is 3.79. The van der Waals surface area contributed by atoms with Crippen LogP contribution in [-0.2, 0) is 22.4 Å². The summed E-state index contributed by atoms with van der Waals surface area (Å²) in [5.74, 6) is -0.132. The fourth-order valence-electron chi connectivity index (χ4n) is 2.93. The molecule has 100 valence electrons. The van der Waals surface area contributed by atoms with Gasteiger partial charge in [0.1, 0.15) is 4.83 Å². The standard InChI is InChI=1S/C14H16N2O2S/c1-7-10-6-9(14(17)18-3)4-5-11(10)15-13-12(7)8(2)16-19-13/h9H,4-6H2,1-3H3. The van der Waals surface area contributed by atoms with Crippen molar-refractivity contribution in [2.24, 2.45) is 5.92 Å². The van der Waals surface area contributed by atoms with Gasteiger partial charge in [-0.25, -0.2) is 4.98 Å². The van der Waals surface area contributed by atoms with Crippen LogP contribution in [-0.4, -0.2) is 22.4 Å². The Morgan fingerprint density at radius 2 is 2.21 bits per heavy atom. The molecule has 1 unspecified atom stereocenters. The molecule has 0 radical (unpaired) electrons. The number of methoxy groups -OCH3 is 1. The van der Waals surface area contributed by atoms with Crippen molar-refractivity contribution in [2.45, 2.75) is 33.1 Å². The first-order chi connectivity index (χ1) is 9.11. The molecule has 0 amide bonds. The lowest BCUT2D eigenvalue weighted by Gasteiger charge is -2.23. The minimum atomic E-state index is -0.106. The van der Waals surface area contributed by atoms with E-state index in [1.54, 1.807) is 0 Å². The van der Waals surface area contributed by atoms with Crippen molar-refractivity contribution in [1.29, 1.82) is 0 Å². The number of nitrogens with zero attached hydrogens (tertiary/aromatic N) is 2. The highest BCUT2D eigenvalue weighted by Gasteiger charge is 2.28. The van der Waals surface area contributed by atoms with Gasteiger partial charge < -0.3 is 4.74 Å². The second kappa shape index (κ2) is 4.56. The highest BCUT2D eigenvalue weighted by molar-refractivity contribution is 7.13. The van der Waals surface area contributed by atoms with Gasteiger partial charge in [0.2, 0.25) is 0 Å². The van der Waals surface area contributed by atoms with Gasteiger partial charge in [-0.1, -0.05) is 0 Å². The Morgan fingerprint density at radius 3 is 2.95 bits per heavy atom. The van der Waals surface area contributed by atoms with E-state index >= 15 is 0 Å². The number of hydrogen-bond donors (Lipinski definition) is 0. The van der Waals surface area contributed by atoms with E-state index < -0.39 is 0 Å². The third-order valence-corrected chi connectivity index (χ3v) is 4.81. The summed E-state index contributed by atoms with van der Waals surface area (Å²) in [5.41, 5.74) is 4.62. The van der Waals surface area contributed by atoms with Gasteiger partial charge in [0, 0.05) is 11.1 Å². The Bertz CT molecular complexity index is 663. The average molecular weight is 276 g/mol. The molecule has 0 aromatic carbocycles. The van der Waals surface area contributed by atoms with E-state index in [2.05, 4.69) is 11.3 Å². The zero-order valence-corrected chi connectivity index (χ0v) is 12.1. The molecule has 19 heavy (non-hydrogen) atoms. The maximum absolute atomic E-state index is 11.7. The van der Waals surface area contributed by atoms with E-state index in [1.807, 2.05) is 6.92 Å². The van der Waals surface area contributed by atoms with Crippen LogP contribution in [0.25, 0.3) is 10.2 Å². The van der Waals surface area contributed by atoms with E-state index in [0.29, 0.717) is 0 Å². The molecule has 0 N–H and O–H groups in total. The van der Waals surface area contributed by atoms with Gasteiger partial charge in [-0.3, -0.25) is 4.79 Å². The van der Waals surface area contributed by atoms with Gasteiger partial charge in [-0.2, -0.15) is 4.37 Å². The second-order valence-corrected chi connectivity index (χ2v) is 5.82. The topological polar surface area (TPSA) is 52.1 Å². The SMILES string of the molecule is COC(=O)C1CCc2nc3snc(C)c3c(C)c2C1. The molecular formula is C14H16N2O2S. The smallest absolute Gasteiger partial charge is 0.309 e. The number of carbonyl (C=O) groups is 1. The Balaban J connectivity index is 2.10. The van der Waals surface area contributed by atoms with Crippen molar-refractivity contribution in [3.8, 4) is 0 Å². The molecule has 0 bridgehead atoms. The van der Waals surface area contributed by atoms with Crippen LogP contribution in [0.4, 0.5) is 0 Å². The largest absolute Gasteiger partial charge is 0.469 e. The third-order valence-electron chi connectivity index (χ3n) is 3.97. The summed E-state index contributed by atoms with van der Waals surface area (Å²) in [7, 11) is 1.46. The molecule has 1 atom stereocenters. The van der Waals surface area contributed by atoms with Crippen LogP contribution in [0.3, 0.4) is 0 Å². The van der Waals surface area contributed by atoms with E-state index in [9.17, 15) is 4.79 Å². The zero-order chi connectivity index (χ0) is 13.6. The number of esters is 1. The lowest BCUT2D eigenvalue weighted by atomic mass is 9.84. The van der Waals surface area contributed by atoms with E-state index in [0.717, 1.165) is 40.9 Å². The monoisotopic (exact) mass is 276 g/mol. The number of aryl methyl sites for hydroxylation is 3. The lowest BCUT2D eigenvalue weighted by Crippen LogP contribution is -2.25. The van der Waals surface area contributed by atoms with Gasteiger partial charge >= 0.3 is 5.97 Å². The Kier molecular flexibility index (Phi) is 3.01. The Morgan fingerprint density at radius 1 is 1.42 bits per heavy atom. The highest BCUT2D eigenvalue weighted by Crippen LogP contribution is 2.34. The van der Waals surface area contributed by atoms with Crippen LogP contribution in [0.2, 0.25) is 0 Å². The molecule has 0 aliphatic heterocycles. The molecule has 1 aliphatic carbocycles.